The predicted molar refractivity (Wildman–Crippen MR) is 103 cm³/mol. The highest BCUT2D eigenvalue weighted by Crippen LogP contribution is 2.24. The molecule has 3 heterocycles. The molecule has 0 bridgehead atoms. The van der Waals surface area contributed by atoms with Crippen molar-refractivity contribution in [3.05, 3.63) is 34.9 Å². The summed E-state index contributed by atoms with van der Waals surface area (Å²) in [4.78, 5) is 29.4. The van der Waals surface area contributed by atoms with Gasteiger partial charge < -0.3 is 19.9 Å². The molecule has 1 atom stereocenters. The lowest BCUT2D eigenvalue weighted by atomic mass is 10.1. The summed E-state index contributed by atoms with van der Waals surface area (Å²) in [6.07, 6.45) is 4.85. The fraction of sp³-hybridized carbons (Fsp3) is 0.619. The highest BCUT2D eigenvalue weighted by Gasteiger charge is 2.28. The molecule has 3 aliphatic heterocycles. The van der Waals surface area contributed by atoms with Gasteiger partial charge in [0.2, 0.25) is 0 Å². The quantitative estimate of drug-likeness (QED) is 0.830. The highest BCUT2D eigenvalue weighted by atomic mass is 16.5. The average molecular weight is 371 g/mol. The average Bonchev–Trinajstić information content (AvgIpc) is 3.33. The standard InChI is InChI=1S/C21H29N3O3/c25-20(22-13-16-6-11-27-15-16)17-4-5-19-18(12-17)14-24(21(19)26)10-9-23-7-2-1-3-8-23/h4-5,12,16H,1-3,6-11,13-15H2,(H,22,25)/t16-/m1/s1. The molecule has 27 heavy (non-hydrogen) atoms. The van der Waals surface area contributed by atoms with Gasteiger partial charge in [0.15, 0.2) is 0 Å². The molecule has 4 rings (SSSR count). The molecular formula is C21H29N3O3. The minimum absolute atomic E-state index is 0.0658. The van der Waals surface area contributed by atoms with E-state index in [2.05, 4.69) is 10.2 Å². The number of rotatable bonds is 6. The first-order chi connectivity index (χ1) is 13.2. The smallest absolute Gasteiger partial charge is 0.254 e. The fourth-order valence-corrected chi connectivity index (χ4v) is 4.23. The maximum atomic E-state index is 12.6. The van der Waals surface area contributed by atoms with Crippen molar-refractivity contribution in [3.8, 4) is 0 Å². The predicted octanol–water partition coefficient (Wildman–Crippen LogP) is 1.89. The first kappa shape index (κ1) is 18.4. The van der Waals surface area contributed by atoms with Gasteiger partial charge in [-0.15, -0.1) is 0 Å². The summed E-state index contributed by atoms with van der Waals surface area (Å²) in [5, 5.41) is 3.00. The number of benzene rings is 1. The van der Waals surface area contributed by atoms with Crippen molar-refractivity contribution in [2.45, 2.75) is 32.2 Å². The topological polar surface area (TPSA) is 61.9 Å². The summed E-state index contributed by atoms with van der Waals surface area (Å²) < 4.78 is 5.35. The van der Waals surface area contributed by atoms with Gasteiger partial charge in [-0.2, -0.15) is 0 Å². The zero-order chi connectivity index (χ0) is 18.6. The minimum Gasteiger partial charge on any atom is -0.381 e. The zero-order valence-electron chi connectivity index (χ0n) is 15.9. The summed E-state index contributed by atoms with van der Waals surface area (Å²) in [6, 6.07) is 5.46. The second-order valence-electron chi connectivity index (χ2n) is 7.94. The van der Waals surface area contributed by atoms with Gasteiger partial charge in [-0.1, -0.05) is 6.42 Å². The van der Waals surface area contributed by atoms with Crippen molar-refractivity contribution in [3.63, 3.8) is 0 Å². The Morgan fingerprint density at radius 1 is 1.19 bits per heavy atom. The molecular weight excluding hydrogens is 342 g/mol. The first-order valence-electron chi connectivity index (χ1n) is 10.2. The Morgan fingerprint density at radius 3 is 2.81 bits per heavy atom. The number of nitrogens with zero attached hydrogens (tertiary/aromatic N) is 2. The van der Waals surface area contributed by atoms with Crippen LogP contribution in [0.2, 0.25) is 0 Å². The van der Waals surface area contributed by atoms with Crippen molar-refractivity contribution in [2.75, 3.05) is 45.9 Å². The van der Waals surface area contributed by atoms with Crippen LogP contribution in [-0.4, -0.2) is 67.6 Å². The van der Waals surface area contributed by atoms with E-state index in [0.29, 0.717) is 24.6 Å². The Labute approximate surface area is 160 Å². The van der Waals surface area contributed by atoms with E-state index in [-0.39, 0.29) is 11.8 Å². The summed E-state index contributed by atoms with van der Waals surface area (Å²) in [7, 11) is 0. The molecule has 146 valence electrons. The molecule has 0 unspecified atom stereocenters. The first-order valence-corrected chi connectivity index (χ1v) is 10.2. The van der Waals surface area contributed by atoms with Crippen LogP contribution in [0.3, 0.4) is 0 Å². The van der Waals surface area contributed by atoms with E-state index in [1.165, 1.54) is 19.3 Å². The highest BCUT2D eigenvalue weighted by molar-refractivity contribution is 6.01. The Bertz CT molecular complexity index is 694. The van der Waals surface area contributed by atoms with E-state index in [9.17, 15) is 9.59 Å². The lowest BCUT2D eigenvalue weighted by molar-refractivity contribution is 0.0752. The molecule has 3 aliphatic rings. The zero-order valence-corrected chi connectivity index (χ0v) is 15.9. The molecule has 6 heteroatoms. The van der Waals surface area contributed by atoms with E-state index in [4.69, 9.17) is 4.74 Å². The molecule has 0 aliphatic carbocycles. The second-order valence-corrected chi connectivity index (χ2v) is 7.94. The number of amides is 2. The van der Waals surface area contributed by atoms with Crippen LogP contribution in [0, 0.1) is 5.92 Å². The number of ether oxygens (including phenoxy) is 1. The molecule has 6 nitrogen and oxygen atoms in total. The Kier molecular flexibility index (Phi) is 5.74. The summed E-state index contributed by atoms with van der Waals surface area (Å²) in [5.41, 5.74) is 2.35. The van der Waals surface area contributed by atoms with Gasteiger partial charge in [-0.25, -0.2) is 0 Å². The molecule has 1 aromatic carbocycles. The normalized spacial score (nSPS) is 22.9. The maximum Gasteiger partial charge on any atom is 0.254 e. The van der Waals surface area contributed by atoms with Crippen molar-refractivity contribution in [1.82, 2.24) is 15.1 Å². The van der Waals surface area contributed by atoms with Crippen molar-refractivity contribution in [2.24, 2.45) is 5.92 Å². The van der Waals surface area contributed by atoms with Crippen molar-refractivity contribution < 1.29 is 14.3 Å². The number of carbonyl (C=O) groups excluding carboxylic acids is 2. The molecule has 1 aromatic rings. The van der Waals surface area contributed by atoms with E-state index in [1.54, 1.807) is 6.07 Å². The summed E-state index contributed by atoms with van der Waals surface area (Å²) in [6.45, 7) is 6.76. The van der Waals surface area contributed by atoms with E-state index < -0.39 is 0 Å². The Hall–Kier alpha value is -1.92. The monoisotopic (exact) mass is 371 g/mol. The number of piperidine rings is 1. The lowest BCUT2D eigenvalue weighted by Gasteiger charge is -2.28. The third-order valence-electron chi connectivity index (χ3n) is 5.96. The van der Waals surface area contributed by atoms with Crippen molar-refractivity contribution >= 4 is 11.8 Å². The molecule has 2 fully saturated rings. The molecule has 0 saturated carbocycles. The summed E-state index contributed by atoms with van der Waals surface area (Å²) >= 11 is 0. The lowest BCUT2D eigenvalue weighted by Crippen LogP contribution is -2.38. The van der Waals surface area contributed by atoms with Crippen LogP contribution in [-0.2, 0) is 11.3 Å². The maximum absolute atomic E-state index is 12.6. The van der Waals surface area contributed by atoms with Gasteiger partial charge in [-0.3, -0.25) is 9.59 Å². The molecule has 0 radical (unpaired) electrons. The third-order valence-corrected chi connectivity index (χ3v) is 5.96. The Morgan fingerprint density at radius 2 is 2.04 bits per heavy atom. The number of hydrogen-bond donors (Lipinski definition) is 1. The van der Waals surface area contributed by atoms with Gasteiger partial charge in [0, 0.05) is 49.8 Å². The van der Waals surface area contributed by atoms with Gasteiger partial charge in [0.05, 0.1) is 6.61 Å². The minimum atomic E-state index is -0.0658. The number of nitrogens with one attached hydrogen (secondary N) is 1. The van der Waals surface area contributed by atoms with E-state index >= 15 is 0 Å². The molecule has 0 aromatic heterocycles. The molecule has 2 saturated heterocycles. The number of fused-ring (bicyclic) bond motifs is 1. The van der Waals surface area contributed by atoms with Gasteiger partial charge in [0.1, 0.15) is 0 Å². The van der Waals surface area contributed by atoms with E-state index in [0.717, 1.165) is 56.9 Å². The molecule has 1 N–H and O–H groups in total. The second kappa shape index (κ2) is 8.40. The van der Waals surface area contributed by atoms with E-state index in [1.807, 2.05) is 17.0 Å². The van der Waals surface area contributed by atoms with Gasteiger partial charge in [0.25, 0.3) is 11.8 Å². The Balaban J connectivity index is 1.33. The number of hydrogen-bond acceptors (Lipinski definition) is 4. The number of carbonyl (C=O) groups is 2. The van der Waals surface area contributed by atoms with Gasteiger partial charge in [-0.05, 0) is 56.1 Å². The SMILES string of the molecule is O=C(NC[C@H]1CCOC1)c1ccc2c(c1)CN(CCN1CCCCC1)C2=O. The third kappa shape index (κ3) is 4.33. The molecule has 2 amide bonds. The van der Waals surface area contributed by atoms with Crippen LogP contribution in [0.25, 0.3) is 0 Å². The molecule has 0 spiro atoms. The summed E-state index contributed by atoms with van der Waals surface area (Å²) in [5.74, 6) is 0.441. The van der Waals surface area contributed by atoms with Gasteiger partial charge >= 0.3 is 0 Å². The van der Waals surface area contributed by atoms with Crippen LogP contribution in [0.5, 0.6) is 0 Å². The number of likely N-dealkylation sites (tertiary alicyclic amines) is 1. The van der Waals surface area contributed by atoms with Crippen LogP contribution in [0.15, 0.2) is 18.2 Å². The van der Waals surface area contributed by atoms with Crippen LogP contribution >= 0.6 is 0 Å². The van der Waals surface area contributed by atoms with Crippen LogP contribution in [0.1, 0.15) is 52.0 Å². The fourth-order valence-electron chi connectivity index (χ4n) is 4.23. The largest absolute Gasteiger partial charge is 0.381 e. The van der Waals surface area contributed by atoms with Crippen molar-refractivity contribution in [1.29, 1.82) is 0 Å². The van der Waals surface area contributed by atoms with Crippen LogP contribution in [0.4, 0.5) is 0 Å². The van der Waals surface area contributed by atoms with Crippen LogP contribution < -0.4 is 5.32 Å².